The molecule has 88 valence electrons. The maximum Gasteiger partial charge on any atom is 0.217 e. The Morgan fingerprint density at radius 2 is 1.94 bits per heavy atom. The first-order valence-electron chi connectivity index (χ1n) is 5.22. The van der Waals surface area contributed by atoms with Crippen molar-refractivity contribution in [1.82, 2.24) is 0 Å². The van der Waals surface area contributed by atoms with E-state index in [2.05, 4.69) is 0 Å². The van der Waals surface area contributed by atoms with Gasteiger partial charge in [0.25, 0.3) is 0 Å². The zero-order valence-electron chi connectivity index (χ0n) is 9.59. The number of carbonyl (C=O) groups excluding carboxylic acids is 1. The third kappa shape index (κ3) is 3.22. The van der Waals surface area contributed by atoms with Crippen molar-refractivity contribution >= 4 is 17.5 Å². The highest BCUT2D eigenvalue weighted by molar-refractivity contribution is 6.31. The maximum atomic E-state index is 10.7. The minimum atomic E-state index is -0.338. The lowest BCUT2D eigenvalue weighted by atomic mass is 9.98. The van der Waals surface area contributed by atoms with Crippen LogP contribution in [0.1, 0.15) is 35.6 Å². The third-order valence-electron chi connectivity index (χ3n) is 2.71. The normalized spacial score (nSPS) is 12.5. The van der Waals surface area contributed by atoms with E-state index >= 15 is 0 Å². The van der Waals surface area contributed by atoms with Crippen LogP contribution in [0.3, 0.4) is 0 Å². The first-order chi connectivity index (χ1) is 7.41. The van der Waals surface area contributed by atoms with Gasteiger partial charge in [0.15, 0.2) is 0 Å². The summed E-state index contributed by atoms with van der Waals surface area (Å²) in [4.78, 5) is 10.7. The van der Waals surface area contributed by atoms with Crippen LogP contribution in [0.2, 0.25) is 5.02 Å². The van der Waals surface area contributed by atoms with Crippen LogP contribution >= 0.6 is 11.6 Å². The molecule has 3 nitrogen and oxygen atoms in total. The molecule has 1 aromatic carbocycles. The molecule has 1 amide bonds. The molecule has 0 aliphatic heterocycles. The molecular formula is C12H17ClN2O. The molecule has 0 aliphatic rings. The molecule has 0 saturated heterocycles. The van der Waals surface area contributed by atoms with Gasteiger partial charge >= 0.3 is 0 Å². The maximum absolute atomic E-state index is 10.7. The van der Waals surface area contributed by atoms with Crippen LogP contribution < -0.4 is 11.5 Å². The van der Waals surface area contributed by atoms with E-state index in [1.54, 1.807) is 0 Å². The van der Waals surface area contributed by atoms with E-state index in [9.17, 15) is 4.79 Å². The number of nitrogens with two attached hydrogens (primary N) is 2. The largest absolute Gasteiger partial charge is 0.370 e. The molecule has 1 aromatic rings. The number of hydrogen-bond donors (Lipinski definition) is 2. The van der Waals surface area contributed by atoms with Gasteiger partial charge in [-0.3, -0.25) is 4.79 Å². The van der Waals surface area contributed by atoms with Gasteiger partial charge in [-0.05, 0) is 43.0 Å². The molecule has 0 spiro atoms. The summed E-state index contributed by atoms with van der Waals surface area (Å²) < 4.78 is 0. The average Bonchev–Trinajstić information content (AvgIpc) is 2.20. The zero-order valence-corrected chi connectivity index (χ0v) is 10.3. The van der Waals surface area contributed by atoms with E-state index in [0.29, 0.717) is 11.4 Å². The van der Waals surface area contributed by atoms with E-state index < -0.39 is 0 Å². The fourth-order valence-corrected chi connectivity index (χ4v) is 1.90. The number of rotatable bonds is 4. The summed E-state index contributed by atoms with van der Waals surface area (Å²) in [6.07, 6.45) is 0.808. The van der Waals surface area contributed by atoms with Crippen molar-refractivity contribution in [3.05, 3.63) is 33.8 Å². The standard InChI is InChI=1S/C12H17ClN2O/c1-7-5-9(10(13)6-8(7)2)11(14)3-4-12(15)16/h5-6,11H,3-4,14H2,1-2H3,(H2,15,16). The monoisotopic (exact) mass is 240 g/mol. The van der Waals surface area contributed by atoms with E-state index in [1.807, 2.05) is 26.0 Å². The molecule has 1 atom stereocenters. The lowest BCUT2D eigenvalue weighted by Gasteiger charge is -2.15. The number of aryl methyl sites for hydroxylation is 2. The minimum Gasteiger partial charge on any atom is -0.370 e. The molecule has 16 heavy (non-hydrogen) atoms. The second-order valence-corrected chi connectivity index (χ2v) is 4.48. The third-order valence-corrected chi connectivity index (χ3v) is 3.04. The fraction of sp³-hybridized carbons (Fsp3) is 0.417. The molecule has 0 bridgehead atoms. The zero-order chi connectivity index (χ0) is 12.3. The highest BCUT2D eigenvalue weighted by atomic mass is 35.5. The molecule has 4 heteroatoms. The second-order valence-electron chi connectivity index (χ2n) is 4.07. The number of benzene rings is 1. The van der Waals surface area contributed by atoms with Gasteiger partial charge in [-0.1, -0.05) is 17.7 Å². The van der Waals surface area contributed by atoms with E-state index in [1.165, 1.54) is 0 Å². The van der Waals surface area contributed by atoms with Crippen molar-refractivity contribution in [2.45, 2.75) is 32.7 Å². The van der Waals surface area contributed by atoms with Crippen molar-refractivity contribution in [2.75, 3.05) is 0 Å². The highest BCUT2D eigenvalue weighted by Gasteiger charge is 2.12. The molecular weight excluding hydrogens is 224 g/mol. The average molecular weight is 241 g/mol. The van der Waals surface area contributed by atoms with Gasteiger partial charge in [0, 0.05) is 17.5 Å². The first kappa shape index (κ1) is 13.0. The number of amides is 1. The van der Waals surface area contributed by atoms with Crippen molar-refractivity contribution in [1.29, 1.82) is 0 Å². The fourth-order valence-electron chi connectivity index (χ4n) is 1.54. The predicted molar refractivity (Wildman–Crippen MR) is 66.3 cm³/mol. The first-order valence-corrected chi connectivity index (χ1v) is 5.60. The molecule has 0 radical (unpaired) electrons. The minimum absolute atomic E-state index is 0.237. The molecule has 0 aliphatic carbocycles. The Balaban J connectivity index is 2.86. The van der Waals surface area contributed by atoms with Gasteiger partial charge in [0.05, 0.1) is 0 Å². The number of hydrogen-bond acceptors (Lipinski definition) is 2. The molecule has 0 saturated carbocycles. The topological polar surface area (TPSA) is 69.1 Å². The molecule has 0 fully saturated rings. The Kier molecular flexibility index (Phi) is 4.33. The molecule has 0 aromatic heterocycles. The quantitative estimate of drug-likeness (QED) is 0.847. The Morgan fingerprint density at radius 3 is 2.50 bits per heavy atom. The van der Waals surface area contributed by atoms with Crippen molar-refractivity contribution in [3.8, 4) is 0 Å². The van der Waals surface area contributed by atoms with Gasteiger partial charge in [-0.2, -0.15) is 0 Å². The smallest absolute Gasteiger partial charge is 0.217 e. The van der Waals surface area contributed by atoms with Crippen molar-refractivity contribution in [3.63, 3.8) is 0 Å². The summed E-state index contributed by atoms with van der Waals surface area (Å²) in [5.41, 5.74) is 14.2. The summed E-state index contributed by atoms with van der Waals surface area (Å²) in [6, 6.07) is 3.64. The Hall–Kier alpha value is -1.06. The van der Waals surface area contributed by atoms with Crippen LogP contribution in [0.5, 0.6) is 0 Å². The SMILES string of the molecule is Cc1cc(Cl)c(C(N)CCC(N)=O)cc1C. The Labute approximate surface area is 101 Å². The molecule has 1 rings (SSSR count). The summed E-state index contributed by atoms with van der Waals surface area (Å²) in [5, 5.41) is 0.653. The van der Waals surface area contributed by atoms with Crippen LogP contribution in [0, 0.1) is 13.8 Å². The number of primary amides is 1. The predicted octanol–water partition coefficient (Wildman–Crippen LogP) is 2.22. The van der Waals surface area contributed by atoms with Crippen molar-refractivity contribution in [2.24, 2.45) is 11.5 Å². The lowest BCUT2D eigenvalue weighted by Crippen LogP contribution is -2.17. The van der Waals surface area contributed by atoms with Crippen LogP contribution in [0.25, 0.3) is 0 Å². The molecule has 4 N–H and O–H groups in total. The van der Waals surface area contributed by atoms with E-state index in [0.717, 1.165) is 16.7 Å². The highest BCUT2D eigenvalue weighted by Crippen LogP contribution is 2.27. The summed E-state index contributed by atoms with van der Waals surface area (Å²) in [5.74, 6) is -0.338. The molecule has 0 heterocycles. The Bertz CT molecular complexity index is 404. The Morgan fingerprint density at radius 1 is 1.38 bits per heavy atom. The van der Waals surface area contributed by atoms with E-state index in [4.69, 9.17) is 23.1 Å². The summed E-state index contributed by atoms with van der Waals surface area (Å²) >= 11 is 6.12. The van der Waals surface area contributed by atoms with Crippen LogP contribution in [-0.2, 0) is 4.79 Å². The second kappa shape index (κ2) is 5.32. The van der Waals surface area contributed by atoms with Crippen LogP contribution in [-0.4, -0.2) is 5.91 Å². The van der Waals surface area contributed by atoms with Gasteiger partial charge in [0.1, 0.15) is 0 Å². The summed E-state index contributed by atoms with van der Waals surface area (Å²) in [6.45, 7) is 4.01. The van der Waals surface area contributed by atoms with Crippen LogP contribution in [0.4, 0.5) is 0 Å². The lowest BCUT2D eigenvalue weighted by molar-refractivity contribution is -0.118. The number of halogens is 1. The van der Waals surface area contributed by atoms with Gasteiger partial charge in [-0.25, -0.2) is 0 Å². The van der Waals surface area contributed by atoms with Gasteiger partial charge in [-0.15, -0.1) is 0 Å². The van der Waals surface area contributed by atoms with Crippen LogP contribution in [0.15, 0.2) is 12.1 Å². The molecule has 1 unspecified atom stereocenters. The summed E-state index contributed by atoms with van der Waals surface area (Å²) in [7, 11) is 0. The van der Waals surface area contributed by atoms with Gasteiger partial charge in [0.2, 0.25) is 5.91 Å². The number of carbonyl (C=O) groups is 1. The van der Waals surface area contributed by atoms with Gasteiger partial charge < -0.3 is 11.5 Å². The van der Waals surface area contributed by atoms with Crippen molar-refractivity contribution < 1.29 is 4.79 Å². The van der Waals surface area contributed by atoms with E-state index in [-0.39, 0.29) is 18.4 Å².